The lowest BCUT2D eigenvalue weighted by Crippen LogP contribution is -2.17. The first-order chi connectivity index (χ1) is 9.84. The monoisotopic (exact) mass is 302 g/mol. The quantitative estimate of drug-likeness (QED) is 0.756. The van der Waals surface area contributed by atoms with E-state index in [1.54, 1.807) is 25.3 Å². The zero-order valence-corrected chi connectivity index (χ0v) is 13.5. The van der Waals surface area contributed by atoms with E-state index in [4.69, 9.17) is 16.3 Å². The fourth-order valence-corrected chi connectivity index (χ4v) is 2.49. The van der Waals surface area contributed by atoms with E-state index in [1.807, 2.05) is 24.3 Å². The van der Waals surface area contributed by atoms with Crippen LogP contribution in [0.1, 0.15) is 42.3 Å². The van der Waals surface area contributed by atoms with Crippen molar-refractivity contribution in [2.24, 2.45) is 0 Å². The Morgan fingerprint density at radius 2 is 1.76 bits per heavy atom. The molecule has 0 bridgehead atoms. The van der Waals surface area contributed by atoms with Gasteiger partial charge in [-0.05, 0) is 29.2 Å². The van der Waals surface area contributed by atoms with Crippen LogP contribution in [0, 0.1) is 0 Å². The van der Waals surface area contributed by atoms with Gasteiger partial charge in [0, 0.05) is 11.1 Å². The summed E-state index contributed by atoms with van der Waals surface area (Å²) in [5.41, 5.74) is 2.23. The van der Waals surface area contributed by atoms with Crippen LogP contribution in [0.15, 0.2) is 42.5 Å². The Kier molecular flexibility index (Phi) is 4.38. The molecule has 0 saturated carbocycles. The zero-order chi connectivity index (χ0) is 15.6. The van der Waals surface area contributed by atoms with Crippen LogP contribution in [0.4, 0.5) is 0 Å². The molecule has 2 rings (SSSR count). The van der Waals surface area contributed by atoms with Crippen LogP contribution in [0.2, 0.25) is 5.02 Å². The smallest absolute Gasteiger partial charge is 0.193 e. The number of halogens is 1. The molecular weight excluding hydrogens is 284 g/mol. The Labute approximate surface area is 130 Å². The highest BCUT2D eigenvalue weighted by atomic mass is 35.5. The van der Waals surface area contributed by atoms with Crippen molar-refractivity contribution in [3.63, 3.8) is 0 Å². The van der Waals surface area contributed by atoms with Crippen molar-refractivity contribution in [3.05, 3.63) is 64.2 Å². The number of ketones is 1. The minimum Gasteiger partial charge on any atom is -0.495 e. The Balaban J connectivity index is 2.51. The fourth-order valence-electron chi connectivity index (χ4n) is 2.29. The van der Waals surface area contributed by atoms with Gasteiger partial charge in [-0.3, -0.25) is 4.79 Å². The van der Waals surface area contributed by atoms with E-state index >= 15 is 0 Å². The highest BCUT2D eigenvalue weighted by Crippen LogP contribution is 2.30. The largest absolute Gasteiger partial charge is 0.495 e. The molecule has 2 nitrogen and oxygen atoms in total. The molecule has 0 atom stereocenters. The molecule has 110 valence electrons. The second kappa shape index (κ2) is 5.90. The van der Waals surface area contributed by atoms with Crippen LogP contribution in [0.25, 0.3) is 0 Å². The summed E-state index contributed by atoms with van der Waals surface area (Å²) >= 11 is 6.01. The summed E-state index contributed by atoms with van der Waals surface area (Å²) in [5.74, 6) is 0.492. The molecule has 3 heteroatoms. The SMILES string of the molecule is COc1cc(C(=O)c2ccccc2C(C)(C)C)ccc1Cl. The molecule has 0 aromatic heterocycles. The van der Waals surface area contributed by atoms with E-state index in [2.05, 4.69) is 20.8 Å². The molecule has 0 aliphatic heterocycles. The molecule has 0 radical (unpaired) electrons. The average molecular weight is 303 g/mol. The molecule has 0 heterocycles. The van der Waals surface area contributed by atoms with Gasteiger partial charge in [0.2, 0.25) is 0 Å². The zero-order valence-electron chi connectivity index (χ0n) is 12.7. The third-order valence-corrected chi connectivity index (χ3v) is 3.71. The van der Waals surface area contributed by atoms with Crippen molar-refractivity contribution in [2.75, 3.05) is 7.11 Å². The van der Waals surface area contributed by atoms with E-state index in [0.717, 1.165) is 11.1 Å². The van der Waals surface area contributed by atoms with Gasteiger partial charge in [-0.15, -0.1) is 0 Å². The van der Waals surface area contributed by atoms with Gasteiger partial charge in [0.05, 0.1) is 12.1 Å². The van der Waals surface area contributed by atoms with Crippen molar-refractivity contribution < 1.29 is 9.53 Å². The van der Waals surface area contributed by atoms with Gasteiger partial charge in [-0.2, -0.15) is 0 Å². The third-order valence-electron chi connectivity index (χ3n) is 3.39. The number of hydrogen-bond donors (Lipinski definition) is 0. The van der Waals surface area contributed by atoms with Crippen molar-refractivity contribution in [3.8, 4) is 5.75 Å². The highest BCUT2D eigenvalue weighted by molar-refractivity contribution is 6.32. The number of methoxy groups -OCH3 is 1. The number of rotatable bonds is 3. The Morgan fingerprint density at radius 1 is 1.10 bits per heavy atom. The van der Waals surface area contributed by atoms with Gasteiger partial charge in [0.15, 0.2) is 5.78 Å². The molecule has 0 unspecified atom stereocenters. The number of carbonyl (C=O) groups is 1. The van der Waals surface area contributed by atoms with Gasteiger partial charge < -0.3 is 4.74 Å². The van der Waals surface area contributed by atoms with E-state index in [1.165, 1.54) is 0 Å². The van der Waals surface area contributed by atoms with Crippen LogP contribution in [0.5, 0.6) is 5.75 Å². The summed E-state index contributed by atoms with van der Waals surface area (Å²) in [5, 5.41) is 0.498. The van der Waals surface area contributed by atoms with Gasteiger partial charge in [-0.25, -0.2) is 0 Å². The lowest BCUT2D eigenvalue weighted by atomic mass is 9.82. The van der Waals surface area contributed by atoms with Crippen molar-refractivity contribution in [1.29, 1.82) is 0 Å². The summed E-state index contributed by atoms with van der Waals surface area (Å²) in [7, 11) is 1.54. The molecule has 0 aliphatic carbocycles. The maximum absolute atomic E-state index is 12.8. The molecule has 0 aliphatic rings. The normalized spacial score (nSPS) is 11.3. The summed E-state index contributed by atoms with van der Waals surface area (Å²) < 4.78 is 5.19. The van der Waals surface area contributed by atoms with Gasteiger partial charge in [-0.1, -0.05) is 56.6 Å². The first-order valence-electron chi connectivity index (χ1n) is 6.82. The lowest BCUT2D eigenvalue weighted by Gasteiger charge is -2.22. The summed E-state index contributed by atoms with van der Waals surface area (Å²) in [6.07, 6.45) is 0. The number of ether oxygens (including phenoxy) is 1. The van der Waals surface area contributed by atoms with Crippen LogP contribution in [-0.2, 0) is 5.41 Å². The van der Waals surface area contributed by atoms with Crippen LogP contribution >= 0.6 is 11.6 Å². The molecule has 0 saturated heterocycles. The lowest BCUT2D eigenvalue weighted by molar-refractivity contribution is 0.103. The minimum atomic E-state index is -0.0945. The van der Waals surface area contributed by atoms with Crippen LogP contribution in [-0.4, -0.2) is 12.9 Å². The Bertz CT molecular complexity index is 669. The molecule has 0 amide bonds. The van der Waals surface area contributed by atoms with Crippen LogP contribution < -0.4 is 4.74 Å². The fraction of sp³-hybridized carbons (Fsp3) is 0.278. The van der Waals surface area contributed by atoms with Crippen molar-refractivity contribution >= 4 is 17.4 Å². The minimum absolute atomic E-state index is 0.0181. The molecule has 2 aromatic carbocycles. The summed E-state index contributed by atoms with van der Waals surface area (Å²) in [4.78, 5) is 12.8. The second-order valence-corrected chi connectivity index (χ2v) is 6.38. The van der Waals surface area contributed by atoms with E-state index in [9.17, 15) is 4.79 Å². The highest BCUT2D eigenvalue weighted by Gasteiger charge is 2.22. The molecule has 2 aromatic rings. The maximum atomic E-state index is 12.8. The van der Waals surface area contributed by atoms with Gasteiger partial charge in [0.25, 0.3) is 0 Å². The van der Waals surface area contributed by atoms with Gasteiger partial charge in [0.1, 0.15) is 5.75 Å². The predicted octanol–water partition coefficient (Wildman–Crippen LogP) is 4.88. The average Bonchev–Trinajstić information content (AvgIpc) is 2.46. The number of hydrogen-bond acceptors (Lipinski definition) is 2. The topological polar surface area (TPSA) is 26.3 Å². The molecule has 21 heavy (non-hydrogen) atoms. The maximum Gasteiger partial charge on any atom is 0.193 e. The predicted molar refractivity (Wildman–Crippen MR) is 86.6 cm³/mol. The Hall–Kier alpha value is -1.80. The first kappa shape index (κ1) is 15.6. The summed E-state index contributed by atoms with van der Waals surface area (Å²) in [6.45, 7) is 6.30. The number of benzene rings is 2. The summed E-state index contributed by atoms with van der Waals surface area (Å²) in [6, 6.07) is 12.8. The Morgan fingerprint density at radius 3 is 2.38 bits per heavy atom. The molecule has 0 N–H and O–H groups in total. The third kappa shape index (κ3) is 3.27. The molecule has 0 fully saturated rings. The van der Waals surface area contributed by atoms with E-state index in [0.29, 0.717) is 16.3 Å². The van der Waals surface area contributed by atoms with E-state index in [-0.39, 0.29) is 11.2 Å². The van der Waals surface area contributed by atoms with Crippen molar-refractivity contribution in [2.45, 2.75) is 26.2 Å². The van der Waals surface area contributed by atoms with Crippen LogP contribution in [0.3, 0.4) is 0 Å². The standard InChI is InChI=1S/C18H19ClO2/c1-18(2,3)14-8-6-5-7-13(14)17(20)12-9-10-15(19)16(11-12)21-4/h5-11H,1-4H3. The molecular formula is C18H19ClO2. The van der Waals surface area contributed by atoms with Gasteiger partial charge >= 0.3 is 0 Å². The number of carbonyl (C=O) groups excluding carboxylic acids is 1. The van der Waals surface area contributed by atoms with E-state index < -0.39 is 0 Å². The first-order valence-corrected chi connectivity index (χ1v) is 7.20. The van der Waals surface area contributed by atoms with Crippen molar-refractivity contribution in [1.82, 2.24) is 0 Å². The molecule has 0 spiro atoms. The second-order valence-electron chi connectivity index (χ2n) is 5.97.